The number of methoxy groups -OCH3 is 1. The van der Waals surface area contributed by atoms with Gasteiger partial charge in [-0.15, -0.1) is 0 Å². The van der Waals surface area contributed by atoms with Gasteiger partial charge in [0.2, 0.25) is 0 Å². The van der Waals surface area contributed by atoms with E-state index in [-0.39, 0.29) is 0 Å². The predicted octanol–water partition coefficient (Wildman–Crippen LogP) is 2.57. The van der Waals surface area contributed by atoms with Gasteiger partial charge in [-0.3, -0.25) is 0 Å². The van der Waals surface area contributed by atoms with E-state index in [9.17, 15) is 0 Å². The summed E-state index contributed by atoms with van der Waals surface area (Å²) in [6.07, 6.45) is 9.78. The first-order chi connectivity index (χ1) is 7.76. The average molecular weight is 223 g/mol. The number of nitrogens with two attached hydrogens (primary N) is 1. The molecule has 0 aromatic rings. The van der Waals surface area contributed by atoms with Crippen molar-refractivity contribution in [3.8, 4) is 0 Å². The standard InChI is InChI=1S/C14H25NO/c1-16-9-10-3-2-6-14(8-10)12-5-4-11(7-12)13(14)15/h10-13H,2-9,15H2,1H3/t10?,11?,12?,13-,14?/m1/s1. The smallest absolute Gasteiger partial charge is 0.0490 e. The quantitative estimate of drug-likeness (QED) is 0.781. The molecule has 92 valence electrons. The van der Waals surface area contributed by atoms with Gasteiger partial charge >= 0.3 is 0 Å². The first-order valence-corrected chi connectivity index (χ1v) is 7.01. The second-order valence-electron chi connectivity index (χ2n) is 6.45. The number of hydrogen-bond donors (Lipinski definition) is 1. The fraction of sp³-hybridized carbons (Fsp3) is 1.00. The lowest BCUT2D eigenvalue weighted by Crippen LogP contribution is -2.49. The number of hydrogen-bond acceptors (Lipinski definition) is 2. The van der Waals surface area contributed by atoms with Crippen LogP contribution in [0, 0.1) is 23.2 Å². The second kappa shape index (κ2) is 3.99. The van der Waals surface area contributed by atoms with Crippen LogP contribution >= 0.6 is 0 Å². The lowest BCUT2D eigenvalue weighted by atomic mass is 9.60. The van der Waals surface area contributed by atoms with Gasteiger partial charge in [-0.1, -0.05) is 6.42 Å². The lowest BCUT2D eigenvalue weighted by Gasteiger charge is -2.47. The number of rotatable bonds is 2. The third-order valence-corrected chi connectivity index (χ3v) is 5.78. The van der Waals surface area contributed by atoms with Gasteiger partial charge in [0.1, 0.15) is 0 Å². The van der Waals surface area contributed by atoms with Crippen LogP contribution in [-0.4, -0.2) is 19.8 Å². The van der Waals surface area contributed by atoms with Gasteiger partial charge in [-0.05, 0) is 61.7 Å². The molecule has 3 saturated carbocycles. The minimum atomic E-state index is 0.505. The van der Waals surface area contributed by atoms with Gasteiger partial charge in [0.05, 0.1) is 0 Å². The fourth-order valence-corrected chi connectivity index (χ4v) is 5.12. The monoisotopic (exact) mass is 223 g/mol. The Hall–Kier alpha value is -0.0800. The molecule has 3 aliphatic rings. The fourth-order valence-electron chi connectivity index (χ4n) is 5.12. The molecular weight excluding hydrogens is 198 g/mol. The number of ether oxygens (including phenoxy) is 1. The molecule has 0 aromatic carbocycles. The van der Waals surface area contributed by atoms with E-state index in [1.165, 1.54) is 44.9 Å². The van der Waals surface area contributed by atoms with E-state index in [4.69, 9.17) is 10.5 Å². The number of fused-ring (bicyclic) bond motifs is 3. The Morgan fingerprint density at radius 2 is 2.19 bits per heavy atom. The van der Waals surface area contributed by atoms with Crippen LogP contribution in [0.1, 0.15) is 44.9 Å². The average Bonchev–Trinajstić information content (AvgIpc) is 2.84. The Bertz CT molecular complexity index is 261. The zero-order chi connectivity index (χ0) is 11.2. The van der Waals surface area contributed by atoms with Crippen LogP contribution in [0.25, 0.3) is 0 Å². The zero-order valence-corrected chi connectivity index (χ0v) is 10.5. The summed E-state index contributed by atoms with van der Waals surface area (Å²) >= 11 is 0. The van der Waals surface area contributed by atoms with Crippen molar-refractivity contribution in [1.29, 1.82) is 0 Å². The molecular formula is C14H25NO. The van der Waals surface area contributed by atoms with Crippen LogP contribution in [0.2, 0.25) is 0 Å². The maximum Gasteiger partial charge on any atom is 0.0490 e. The molecule has 2 heteroatoms. The van der Waals surface area contributed by atoms with E-state index in [0.29, 0.717) is 11.5 Å². The molecule has 0 saturated heterocycles. The van der Waals surface area contributed by atoms with Crippen LogP contribution in [-0.2, 0) is 4.74 Å². The summed E-state index contributed by atoms with van der Waals surface area (Å²) in [7, 11) is 1.84. The molecule has 2 N–H and O–H groups in total. The highest BCUT2D eigenvalue weighted by atomic mass is 16.5. The highest BCUT2D eigenvalue weighted by Gasteiger charge is 2.57. The molecule has 2 nitrogen and oxygen atoms in total. The van der Waals surface area contributed by atoms with Crippen molar-refractivity contribution >= 4 is 0 Å². The first-order valence-electron chi connectivity index (χ1n) is 7.01. The molecule has 0 heterocycles. The summed E-state index contributed by atoms with van der Waals surface area (Å²) in [6, 6.07) is 0.505. The molecule has 0 aliphatic heterocycles. The van der Waals surface area contributed by atoms with Crippen molar-refractivity contribution < 1.29 is 4.74 Å². The van der Waals surface area contributed by atoms with E-state index >= 15 is 0 Å². The van der Waals surface area contributed by atoms with E-state index in [1.807, 2.05) is 7.11 Å². The highest BCUT2D eigenvalue weighted by Crippen LogP contribution is 2.61. The third kappa shape index (κ3) is 1.46. The van der Waals surface area contributed by atoms with Gasteiger partial charge in [0.25, 0.3) is 0 Å². The molecule has 5 atom stereocenters. The topological polar surface area (TPSA) is 35.2 Å². The molecule has 3 fully saturated rings. The highest BCUT2D eigenvalue weighted by molar-refractivity contribution is 5.10. The molecule has 4 unspecified atom stereocenters. The molecule has 2 bridgehead atoms. The van der Waals surface area contributed by atoms with Crippen molar-refractivity contribution in [2.75, 3.05) is 13.7 Å². The Kier molecular flexibility index (Phi) is 2.75. The van der Waals surface area contributed by atoms with E-state index < -0.39 is 0 Å². The van der Waals surface area contributed by atoms with Crippen LogP contribution in [0.4, 0.5) is 0 Å². The Morgan fingerprint density at radius 1 is 1.31 bits per heavy atom. The Balaban J connectivity index is 1.77. The van der Waals surface area contributed by atoms with Gasteiger partial charge in [0.15, 0.2) is 0 Å². The Labute approximate surface area is 98.9 Å². The summed E-state index contributed by atoms with van der Waals surface area (Å²) in [4.78, 5) is 0. The second-order valence-corrected chi connectivity index (χ2v) is 6.45. The minimum Gasteiger partial charge on any atom is -0.384 e. The normalized spacial score (nSPS) is 51.4. The largest absolute Gasteiger partial charge is 0.384 e. The summed E-state index contributed by atoms with van der Waals surface area (Å²) in [5, 5.41) is 0. The van der Waals surface area contributed by atoms with E-state index in [1.54, 1.807) is 0 Å². The molecule has 0 aromatic heterocycles. The molecule has 0 amide bonds. The lowest BCUT2D eigenvalue weighted by molar-refractivity contribution is 0.0196. The van der Waals surface area contributed by atoms with Crippen molar-refractivity contribution in [3.63, 3.8) is 0 Å². The minimum absolute atomic E-state index is 0.505. The molecule has 3 aliphatic carbocycles. The van der Waals surface area contributed by atoms with Gasteiger partial charge in [-0.25, -0.2) is 0 Å². The maximum absolute atomic E-state index is 6.55. The van der Waals surface area contributed by atoms with Gasteiger partial charge in [-0.2, -0.15) is 0 Å². The molecule has 0 radical (unpaired) electrons. The van der Waals surface area contributed by atoms with Crippen LogP contribution in [0.5, 0.6) is 0 Å². The Morgan fingerprint density at radius 3 is 2.88 bits per heavy atom. The van der Waals surface area contributed by atoms with E-state index in [2.05, 4.69) is 0 Å². The van der Waals surface area contributed by atoms with Crippen LogP contribution in [0.15, 0.2) is 0 Å². The predicted molar refractivity (Wildman–Crippen MR) is 65.1 cm³/mol. The van der Waals surface area contributed by atoms with Gasteiger partial charge < -0.3 is 10.5 Å². The van der Waals surface area contributed by atoms with E-state index in [0.717, 1.165) is 24.4 Å². The summed E-state index contributed by atoms with van der Waals surface area (Å²) < 4.78 is 5.36. The summed E-state index contributed by atoms with van der Waals surface area (Å²) in [6.45, 7) is 0.950. The first kappa shape index (κ1) is 11.0. The van der Waals surface area contributed by atoms with Crippen molar-refractivity contribution in [1.82, 2.24) is 0 Å². The van der Waals surface area contributed by atoms with Crippen molar-refractivity contribution in [3.05, 3.63) is 0 Å². The SMILES string of the molecule is COCC1CCCC2(C1)C1CCC(C1)[C@H]2N. The van der Waals surface area contributed by atoms with Crippen molar-refractivity contribution in [2.45, 2.75) is 51.0 Å². The summed E-state index contributed by atoms with van der Waals surface area (Å²) in [5.41, 5.74) is 7.07. The van der Waals surface area contributed by atoms with Gasteiger partial charge in [0, 0.05) is 19.8 Å². The maximum atomic E-state index is 6.55. The van der Waals surface area contributed by atoms with Crippen molar-refractivity contribution in [2.24, 2.45) is 28.9 Å². The third-order valence-electron chi connectivity index (χ3n) is 5.78. The molecule has 3 rings (SSSR count). The molecule has 16 heavy (non-hydrogen) atoms. The van der Waals surface area contributed by atoms with Crippen LogP contribution < -0.4 is 5.73 Å². The summed E-state index contributed by atoms with van der Waals surface area (Å²) in [5.74, 6) is 2.59. The zero-order valence-electron chi connectivity index (χ0n) is 10.5. The molecule has 1 spiro atoms. The van der Waals surface area contributed by atoms with Crippen LogP contribution in [0.3, 0.4) is 0 Å².